The Morgan fingerprint density at radius 1 is 1.50 bits per heavy atom. The summed E-state index contributed by atoms with van der Waals surface area (Å²) in [4.78, 5) is 11.2. The minimum atomic E-state index is -1.16. The Balaban J connectivity index is 2.17. The molecular weight excluding hydrogens is 204 g/mol. The maximum atomic E-state index is 11.2. The van der Waals surface area contributed by atoms with Gasteiger partial charge < -0.3 is 9.84 Å². The van der Waals surface area contributed by atoms with Gasteiger partial charge in [-0.05, 0) is 29.9 Å². The van der Waals surface area contributed by atoms with Crippen molar-refractivity contribution in [1.82, 2.24) is 0 Å². The fourth-order valence-electron chi connectivity index (χ4n) is 1.97. The van der Waals surface area contributed by atoms with Crippen LogP contribution in [0.5, 0.6) is 0 Å². The number of carbonyl (C=O) groups is 1. The van der Waals surface area contributed by atoms with Gasteiger partial charge in [-0.15, -0.1) is 0 Å². The number of aliphatic hydroxyl groups is 1. The van der Waals surface area contributed by atoms with Crippen LogP contribution in [0, 0.1) is 0 Å². The van der Waals surface area contributed by atoms with E-state index in [9.17, 15) is 9.90 Å². The molecule has 0 aliphatic heterocycles. The van der Waals surface area contributed by atoms with E-state index < -0.39 is 12.1 Å². The largest absolute Gasteiger partial charge is 0.467 e. The van der Waals surface area contributed by atoms with Gasteiger partial charge in [0.1, 0.15) is 0 Å². The number of hydrogen-bond acceptors (Lipinski definition) is 3. The van der Waals surface area contributed by atoms with Crippen LogP contribution in [-0.4, -0.2) is 18.2 Å². The molecule has 1 N–H and O–H groups in total. The number of hydrogen-bond donors (Lipinski definition) is 1. The lowest BCUT2D eigenvalue weighted by atomic mass is 9.79. The van der Waals surface area contributed by atoms with Crippen LogP contribution in [0.1, 0.15) is 42.4 Å². The molecule has 1 fully saturated rings. The Bertz CT molecular complexity index is 383. The van der Waals surface area contributed by atoms with E-state index >= 15 is 0 Å². The lowest BCUT2D eigenvalue weighted by molar-refractivity contribution is -0.150. The second-order valence-electron chi connectivity index (χ2n) is 4.22. The van der Waals surface area contributed by atoms with Crippen LogP contribution in [-0.2, 0) is 9.53 Å². The molecule has 0 aromatic heterocycles. The lowest BCUT2D eigenvalue weighted by Gasteiger charge is -2.26. The second kappa shape index (κ2) is 4.66. The Hall–Kier alpha value is -1.35. The molecule has 0 amide bonds. The number of aliphatic hydroxyl groups excluding tert-OH is 1. The van der Waals surface area contributed by atoms with Gasteiger partial charge in [0.15, 0.2) is 6.10 Å². The molecule has 3 nitrogen and oxygen atoms in total. The van der Waals surface area contributed by atoms with E-state index in [2.05, 4.69) is 10.8 Å². The van der Waals surface area contributed by atoms with E-state index in [0.717, 1.165) is 0 Å². The van der Waals surface area contributed by atoms with Crippen LogP contribution in [0.3, 0.4) is 0 Å². The van der Waals surface area contributed by atoms with Gasteiger partial charge in [-0.25, -0.2) is 4.79 Å². The third-order valence-electron chi connectivity index (χ3n) is 3.23. The van der Waals surface area contributed by atoms with Crippen LogP contribution in [0.25, 0.3) is 0 Å². The predicted octanol–water partition coefficient (Wildman–Crippen LogP) is 2.16. The fraction of sp³-hybridized carbons (Fsp3) is 0.462. The van der Waals surface area contributed by atoms with Crippen molar-refractivity contribution in [3.05, 3.63) is 35.4 Å². The minimum absolute atomic E-state index is 0.602. The molecule has 0 bridgehead atoms. The van der Waals surface area contributed by atoms with Crippen LogP contribution >= 0.6 is 0 Å². The molecule has 0 saturated heterocycles. The Morgan fingerprint density at radius 3 is 2.81 bits per heavy atom. The highest BCUT2D eigenvalue weighted by Gasteiger charge is 2.22. The summed E-state index contributed by atoms with van der Waals surface area (Å²) in [5.74, 6) is -0.00411. The lowest BCUT2D eigenvalue weighted by Crippen LogP contribution is -2.15. The highest BCUT2D eigenvalue weighted by Crippen LogP contribution is 2.36. The number of ether oxygens (including phenoxy) is 1. The van der Waals surface area contributed by atoms with Gasteiger partial charge >= 0.3 is 5.97 Å². The predicted molar refractivity (Wildman–Crippen MR) is 60.0 cm³/mol. The Morgan fingerprint density at radius 2 is 2.25 bits per heavy atom. The van der Waals surface area contributed by atoms with Gasteiger partial charge in [0.25, 0.3) is 0 Å². The molecule has 1 aliphatic rings. The first-order valence-corrected chi connectivity index (χ1v) is 5.58. The summed E-state index contributed by atoms with van der Waals surface area (Å²) in [6, 6.07) is 7.60. The fourth-order valence-corrected chi connectivity index (χ4v) is 1.97. The third kappa shape index (κ3) is 2.09. The van der Waals surface area contributed by atoms with Gasteiger partial charge in [-0.1, -0.05) is 30.7 Å². The van der Waals surface area contributed by atoms with Crippen LogP contribution < -0.4 is 0 Å². The van der Waals surface area contributed by atoms with Crippen molar-refractivity contribution in [3.63, 3.8) is 0 Å². The quantitative estimate of drug-likeness (QED) is 0.794. The number of esters is 1. The summed E-state index contributed by atoms with van der Waals surface area (Å²) in [6.07, 6.45) is 2.52. The number of carbonyl (C=O) groups excluding carboxylic acids is 1. The van der Waals surface area contributed by atoms with Crippen LogP contribution in [0.15, 0.2) is 24.3 Å². The molecule has 1 saturated carbocycles. The summed E-state index contributed by atoms with van der Waals surface area (Å²) in [7, 11) is 1.28. The highest BCUT2D eigenvalue weighted by atomic mass is 16.5. The van der Waals surface area contributed by atoms with E-state index in [1.54, 1.807) is 6.07 Å². The van der Waals surface area contributed by atoms with Crippen molar-refractivity contribution >= 4 is 5.97 Å². The van der Waals surface area contributed by atoms with Crippen molar-refractivity contribution in [2.75, 3.05) is 7.11 Å². The maximum Gasteiger partial charge on any atom is 0.339 e. The van der Waals surface area contributed by atoms with Crippen LogP contribution in [0.2, 0.25) is 0 Å². The first kappa shape index (κ1) is 11.1. The van der Waals surface area contributed by atoms with E-state index in [0.29, 0.717) is 11.5 Å². The molecule has 1 aliphatic carbocycles. The monoisotopic (exact) mass is 220 g/mol. The maximum absolute atomic E-state index is 11.2. The smallest absolute Gasteiger partial charge is 0.339 e. The van der Waals surface area contributed by atoms with E-state index in [-0.39, 0.29) is 0 Å². The Labute approximate surface area is 95.0 Å². The van der Waals surface area contributed by atoms with Crippen LogP contribution in [0.4, 0.5) is 0 Å². The summed E-state index contributed by atoms with van der Waals surface area (Å²) in [5.41, 5.74) is 1.84. The SMILES string of the molecule is COC(=O)C(O)c1cccc(C2CCC2)c1. The van der Waals surface area contributed by atoms with Gasteiger partial charge in [0, 0.05) is 0 Å². The van der Waals surface area contributed by atoms with E-state index in [1.165, 1.54) is 31.9 Å². The third-order valence-corrected chi connectivity index (χ3v) is 3.23. The van der Waals surface area contributed by atoms with Crippen molar-refractivity contribution in [3.8, 4) is 0 Å². The van der Waals surface area contributed by atoms with Crippen molar-refractivity contribution in [2.24, 2.45) is 0 Å². The molecule has 0 heterocycles. The first-order valence-electron chi connectivity index (χ1n) is 5.58. The van der Waals surface area contributed by atoms with Crippen molar-refractivity contribution in [2.45, 2.75) is 31.3 Å². The molecule has 2 rings (SSSR count). The molecule has 3 heteroatoms. The van der Waals surface area contributed by atoms with Gasteiger partial charge in [0.2, 0.25) is 0 Å². The zero-order valence-electron chi connectivity index (χ0n) is 9.35. The van der Waals surface area contributed by atoms with E-state index in [4.69, 9.17) is 0 Å². The number of rotatable bonds is 3. The molecule has 1 unspecified atom stereocenters. The topological polar surface area (TPSA) is 46.5 Å². The molecule has 1 aromatic carbocycles. The number of methoxy groups -OCH3 is 1. The van der Waals surface area contributed by atoms with Crippen molar-refractivity contribution in [1.29, 1.82) is 0 Å². The molecule has 16 heavy (non-hydrogen) atoms. The summed E-state index contributed by atoms with van der Waals surface area (Å²) < 4.78 is 4.52. The normalized spacial score (nSPS) is 17.6. The van der Waals surface area contributed by atoms with Gasteiger partial charge in [0.05, 0.1) is 7.11 Å². The average molecular weight is 220 g/mol. The van der Waals surface area contributed by atoms with Crippen molar-refractivity contribution < 1.29 is 14.6 Å². The second-order valence-corrected chi connectivity index (χ2v) is 4.22. The molecular formula is C13H16O3. The standard InChI is InChI=1S/C13H16O3/c1-16-13(15)12(14)11-7-3-6-10(8-11)9-4-2-5-9/h3,6-9,12,14H,2,4-5H2,1H3. The first-order chi connectivity index (χ1) is 7.72. The Kier molecular flexibility index (Phi) is 3.25. The highest BCUT2D eigenvalue weighted by molar-refractivity contribution is 5.76. The summed E-state index contributed by atoms with van der Waals surface area (Å²) in [5, 5.41) is 9.71. The molecule has 1 aromatic rings. The minimum Gasteiger partial charge on any atom is -0.467 e. The van der Waals surface area contributed by atoms with E-state index in [1.807, 2.05) is 12.1 Å². The van der Waals surface area contributed by atoms with Gasteiger partial charge in [-0.3, -0.25) is 0 Å². The average Bonchev–Trinajstić information content (AvgIpc) is 2.25. The van der Waals surface area contributed by atoms with Gasteiger partial charge in [-0.2, -0.15) is 0 Å². The summed E-state index contributed by atoms with van der Waals surface area (Å²) in [6.45, 7) is 0. The molecule has 86 valence electrons. The zero-order chi connectivity index (χ0) is 11.5. The molecule has 1 atom stereocenters. The molecule has 0 radical (unpaired) electrons. The number of benzene rings is 1. The molecule has 0 spiro atoms. The summed E-state index contributed by atoms with van der Waals surface area (Å²) >= 11 is 0. The zero-order valence-corrected chi connectivity index (χ0v) is 9.35.